The quantitative estimate of drug-likeness (QED) is 0.783. The van der Waals surface area contributed by atoms with Gasteiger partial charge in [0.1, 0.15) is 11.6 Å². The standard InChI is InChI=1S/C16H18FN3O4S/c1-2-14-18-15(9-20(14)8-10-3-4-10)25(23,24)19-13-7-11(16(21)22)5-6-12(13)17/h5-7,9-10,19H,2-4,8H2,1H3,(H,21,22). The van der Waals surface area contributed by atoms with Gasteiger partial charge in [-0.2, -0.15) is 8.42 Å². The normalized spacial score (nSPS) is 14.5. The minimum absolute atomic E-state index is 0.204. The molecule has 0 aliphatic heterocycles. The Morgan fingerprint density at radius 1 is 1.44 bits per heavy atom. The molecule has 0 atom stereocenters. The summed E-state index contributed by atoms with van der Waals surface area (Å²) < 4.78 is 42.8. The number of imidazole rings is 1. The number of nitrogens with zero attached hydrogens (tertiary/aromatic N) is 2. The summed E-state index contributed by atoms with van der Waals surface area (Å²) in [4.78, 5) is 15.1. The summed E-state index contributed by atoms with van der Waals surface area (Å²) >= 11 is 0. The van der Waals surface area contributed by atoms with E-state index in [1.165, 1.54) is 6.20 Å². The number of nitrogens with one attached hydrogen (secondary N) is 1. The molecule has 0 spiro atoms. The van der Waals surface area contributed by atoms with E-state index in [1.807, 2.05) is 11.5 Å². The van der Waals surface area contributed by atoms with Gasteiger partial charge in [-0.15, -0.1) is 0 Å². The molecule has 7 nitrogen and oxygen atoms in total. The highest BCUT2D eigenvalue weighted by molar-refractivity contribution is 7.92. The van der Waals surface area contributed by atoms with Gasteiger partial charge < -0.3 is 9.67 Å². The molecule has 0 unspecified atom stereocenters. The van der Waals surface area contributed by atoms with E-state index in [0.717, 1.165) is 31.0 Å². The maximum Gasteiger partial charge on any atom is 0.335 e. The zero-order chi connectivity index (χ0) is 18.2. The molecule has 2 N–H and O–H groups in total. The first-order valence-corrected chi connectivity index (χ1v) is 9.40. The van der Waals surface area contributed by atoms with Crippen LogP contribution in [0.4, 0.5) is 10.1 Å². The molecular formula is C16H18FN3O4S. The van der Waals surface area contributed by atoms with Crippen LogP contribution in [0.5, 0.6) is 0 Å². The largest absolute Gasteiger partial charge is 0.478 e. The molecule has 0 amide bonds. The Kier molecular flexibility index (Phi) is 4.51. The van der Waals surface area contributed by atoms with Crippen LogP contribution in [0, 0.1) is 11.7 Å². The molecule has 1 aliphatic carbocycles. The number of sulfonamides is 1. The van der Waals surface area contributed by atoms with E-state index in [-0.39, 0.29) is 10.6 Å². The second-order valence-corrected chi connectivity index (χ2v) is 7.68. The molecule has 1 fully saturated rings. The Bertz CT molecular complexity index is 919. The SMILES string of the molecule is CCc1nc(S(=O)(=O)Nc2cc(C(=O)O)ccc2F)cn1CC1CC1. The number of carboxylic acid groups (broad SMARTS) is 1. The van der Waals surface area contributed by atoms with Crippen LogP contribution in [0.3, 0.4) is 0 Å². The van der Waals surface area contributed by atoms with Crippen LogP contribution in [0.1, 0.15) is 35.9 Å². The molecule has 0 radical (unpaired) electrons. The second-order valence-electron chi connectivity index (χ2n) is 6.05. The van der Waals surface area contributed by atoms with Crippen molar-refractivity contribution in [3.8, 4) is 0 Å². The molecule has 3 rings (SSSR count). The maximum atomic E-state index is 13.9. The topological polar surface area (TPSA) is 101 Å². The summed E-state index contributed by atoms with van der Waals surface area (Å²) in [5.74, 6) is -0.941. The number of hydrogen-bond acceptors (Lipinski definition) is 4. The van der Waals surface area contributed by atoms with Crippen molar-refractivity contribution >= 4 is 21.7 Å². The number of aromatic nitrogens is 2. The van der Waals surface area contributed by atoms with Gasteiger partial charge in [0.25, 0.3) is 10.0 Å². The molecule has 9 heteroatoms. The second kappa shape index (κ2) is 6.47. The first-order chi connectivity index (χ1) is 11.8. The van der Waals surface area contributed by atoms with Gasteiger partial charge in [0.05, 0.1) is 11.3 Å². The first-order valence-electron chi connectivity index (χ1n) is 7.92. The lowest BCUT2D eigenvalue weighted by Crippen LogP contribution is -2.15. The van der Waals surface area contributed by atoms with E-state index < -0.39 is 27.5 Å². The fourth-order valence-corrected chi connectivity index (χ4v) is 3.55. The smallest absolute Gasteiger partial charge is 0.335 e. The van der Waals surface area contributed by atoms with Gasteiger partial charge in [-0.05, 0) is 37.0 Å². The van der Waals surface area contributed by atoms with E-state index in [2.05, 4.69) is 9.71 Å². The van der Waals surface area contributed by atoms with Crippen LogP contribution in [-0.4, -0.2) is 29.0 Å². The lowest BCUT2D eigenvalue weighted by atomic mass is 10.2. The third kappa shape index (κ3) is 3.81. The molecule has 1 heterocycles. The predicted molar refractivity (Wildman–Crippen MR) is 88.5 cm³/mol. The highest BCUT2D eigenvalue weighted by Crippen LogP contribution is 2.31. The monoisotopic (exact) mass is 367 g/mol. The van der Waals surface area contributed by atoms with Crippen LogP contribution in [0.2, 0.25) is 0 Å². The van der Waals surface area contributed by atoms with Crippen molar-refractivity contribution in [3.05, 3.63) is 41.6 Å². The number of carbonyl (C=O) groups is 1. The molecule has 0 bridgehead atoms. The van der Waals surface area contributed by atoms with Crippen LogP contribution < -0.4 is 4.72 Å². The van der Waals surface area contributed by atoms with Gasteiger partial charge in [0.15, 0.2) is 5.03 Å². The van der Waals surface area contributed by atoms with E-state index >= 15 is 0 Å². The van der Waals surface area contributed by atoms with Gasteiger partial charge >= 0.3 is 5.97 Å². The van der Waals surface area contributed by atoms with Crippen LogP contribution in [0.25, 0.3) is 0 Å². The minimum atomic E-state index is -4.12. The molecule has 1 saturated carbocycles. The van der Waals surface area contributed by atoms with Gasteiger partial charge in [0, 0.05) is 19.2 Å². The third-order valence-electron chi connectivity index (χ3n) is 4.04. The number of benzene rings is 1. The van der Waals surface area contributed by atoms with Crippen molar-refractivity contribution < 1.29 is 22.7 Å². The summed E-state index contributed by atoms with van der Waals surface area (Å²) in [5, 5.41) is 8.76. The summed E-state index contributed by atoms with van der Waals surface area (Å²) in [6, 6.07) is 2.91. The average molecular weight is 367 g/mol. The van der Waals surface area contributed by atoms with E-state index in [4.69, 9.17) is 5.11 Å². The molecule has 2 aromatic rings. The van der Waals surface area contributed by atoms with Crippen LogP contribution in [-0.2, 0) is 23.0 Å². The van der Waals surface area contributed by atoms with E-state index in [9.17, 15) is 17.6 Å². The van der Waals surface area contributed by atoms with Gasteiger partial charge in [0.2, 0.25) is 0 Å². The van der Waals surface area contributed by atoms with Crippen molar-refractivity contribution in [1.29, 1.82) is 0 Å². The summed E-state index contributed by atoms with van der Waals surface area (Å²) in [6.45, 7) is 2.60. The van der Waals surface area contributed by atoms with Crippen molar-refractivity contribution in [2.45, 2.75) is 37.8 Å². The summed E-state index contributed by atoms with van der Waals surface area (Å²) in [6.07, 6.45) is 4.26. The number of anilines is 1. The Balaban J connectivity index is 1.90. The van der Waals surface area contributed by atoms with Gasteiger partial charge in [-0.1, -0.05) is 6.92 Å². The molecule has 25 heavy (non-hydrogen) atoms. The van der Waals surface area contributed by atoms with Crippen molar-refractivity contribution in [3.63, 3.8) is 0 Å². The molecule has 134 valence electrons. The maximum absolute atomic E-state index is 13.9. The Morgan fingerprint density at radius 3 is 2.76 bits per heavy atom. The lowest BCUT2D eigenvalue weighted by Gasteiger charge is -2.07. The average Bonchev–Trinajstić information content (AvgIpc) is 3.26. The highest BCUT2D eigenvalue weighted by atomic mass is 32.2. The van der Waals surface area contributed by atoms with Crippen molar-refractivity contribution in [2.75, 3.05) is 4.72 Å². The number of aromatic carboxylic acids is 1. The molecule has 1 aliphatic rings. The van der Waals surface area contributed by atoms with E-state index in [1.54, 1.807) is 0 Å². The molecule has 1 aromatic carbocycles. The zero-order valence-corrected chi connectivity index (χ0v) is 14.4. The fraction of sp³-hybridized carbons (Fsp3) is 0.375. The summed E-state index contributed by atoms with van der Waals surface area (Å²) in [7, 11) is -4.12. The van der Waals surface area contributed by atoms with Crippen molar-refractivity contribution in [1.82, 2.24) is 9.55 Å². The number of halogens is 1. The zero-order valence-electron chi connectivity index (χ0n) is 13.6. The lowest BCUT2D eigenvalue weighted by molar-refractivity contribution is 0.0697. The minimum Gasteiger partial charge on any atom is -0.478 e. The first kappa shape index (κ1) is 17.4. The number of hydrogen-bond donors (Lipinski definition) is 2. The van der Waals surface area contributed by atoms with Crippen molar-refractivity contribution in [2.24, 2.45) is 5.92 Å². The van der Waals surface area contributed by atoms with E-state index in [0.29, 0.717) is 24.7 Å². The van der Waals surface area contributed by atoms with Crippen LogP contribution >= 0.6 is 0 Å². The number of carboxylic acids is 1. The highest BCUT2D eigenvalue weighted by Gasteiger charge is 2.26. The molecule has 1 aromatic heterocycles. The van der Waals surface area contributed by atoms with Gasteiger partial charge in [-0.3, -0.25) is 4.72 Å². The Morgan fingerprint density at radius 2 is 2.16 bits per heavy atom. The molecule has 0 saturated heterocycles. The predicted octanol–water partition coefficient (Wildman–Crippen LogP) is 2.49. The number of aryl methyl sites for hydroxylation is 1. The fourth-order valence-electron chi connectivity index (χ4n) is 2.51. The van der Waals surface area contributed by atoms with Gasteiger partial charge in [-0.25, -0.2) is 14.2 Å². The molecular weight excluding hydrogens is 349 g/mol. The van der Waals surface area contributed by atoms with Crippen LogP contribution in [0.15, 0.2) is 29.4 Å². The summed E-state index contributed by atoms with van der Waals surface area (Å²) in [5.41, 5.74) is -0.637. The third-order valence-corrected chi connectivity index (χ3v) is 5.27. The number of rotatable bonds is 7. The Labute approximate surface area is 144 Å². The Hall–Kier alpha value is -2.42.